The molecule has 0 spiro atoms. The van der Waals surface area contributed by atoms with E-state index in [1.807, 2.05) is 18.2 Å². The van der Waals surface area contributed by atoms with E-state index < -0.39 is 9.84 Å². The van der Waals surface area contributed by atoms with Crippen LogP contribution < -0.4 is 0 Å². The third-order valence-corrected chi connectivity index (χ3v) is 6.83. The first-order chi connectivity index (χ1) is 18.8. The van der Waals surface area contributed by atoms with Gasteiger partial charge in [-0.3, -0.25) is 9.55 Å². The summed E-state index contributed by atoms with van der Waals surface area (Å²) >= 11 is 6.48. The lowest BCUT2D eigenvalue weighted by Gasteiger charge is -2.11. The number of nitrogens with zero attached hydrogens (tertiary/aromatic N) is 8. The van der Waals surface area contributed by atoms with Crippen molar-refractivity contribution in [2.24, 2.45) is 0 Å². The van der Waals surface area contributed by atoms with E-state index in [1.165, 1.54) is 18.5 Å². The van der Waals surface area contributed by atoms with Crippen LogP contribution in [0, 0.1) is 23.2 Å². The monoisotopic (exact) mass is 556 g/mol. The Morgan fingerprint density at radius 3 is 2.56 bits per heavy atom. The summed E-state index contributed by atoms with van der Waals surface area (Å²) in [4.78, 5) is 8.31. The van der Waals surface area contributed by atoms with Crippen molar-refractivity contribution >= 4 is 21.4 Å². The molecule has 0 bridgehead atoms. The summed E-state index contributed by atoms with van der Waals surface area (Å²) in [7, 11) is -3.40. The highest BCUT2D eigenvalue weighted by Gasteiger charge is 2.19. The van der Waals surface area contributed by atoms with Gasteiger partial charge in [-0.1, -0.05) is 35.6 Å². The molecular formula is C26H17ClN8O3S. The average molecular weight is 557 g/mol. The van der Waals surface area contributed by atoms with E-state index in [-0.39, 0.29) is 29.3 Å². The van der Waals surface area contributed by atoms with Crippen LogP contribution in [-0.4, -0.2) is 49.6 Å². The van der Waals surface area contributed by atoms with E-state index in [0.29, 0.717) is 39.5 Å². The predicted molar refractivity (Wildman–Crippen MR) is 140 cm³/mol. The van der Waals surface area contributed by atoms with E-state index in [2.05, 4.69) is 42.2 Å². The van der Waals surface area contributed by atoms with Gasteiger partial charge in [-0.15, -0.1) is 20.4 Å². The molecule has 0 radical (unpaired) electrons. The lowest BCUT2D eigenvalue weighted by Crippen LogP contribution is -2.05. The molecule has 0 aliphatic carbocycles. The van der Waals surface area contributed by atoms with Gasteiger partial charge in [0.1, 0.15) is 23.3 Å². The number of para-hydroxylation sites is 1. The second kappa shape index (κ2) is 10.8. The zero-order valence-corrected chi connectivity index (χ0v) is 21.8. The predicted octanol–water partition coefficient (Wildman–Crippen LogP) is 3.49. The molecule has 0 aliphatic heterocycles. The van der Waals surface area contributed by atoms with Crippen molar-refractivity contribution in [1.82, 2.24) is 34.9 Å². The summed E-state index contributed by atoms with van der Waals surface area (Å²) in [6.07, 6.45) is 4.31. The van der Waals surface area contributed by atoms with Crippen LogP contribution in [0.3, 0.4) is 0 Å². The zero-order valence-electron chi connectivity index (χ0n) is 20.3. The number of aromatic nitrogens is 7. The quantitative estimate of drug-likeness (QED) is 0.284. The number of pyridine rings is 2. The lowest BCUT2D eigenvalue weighted by atomic mass is 10.2. The summed E-state index contributed by atoms with van der Waals surface area (Å²) in [5.74, 6) is 7.51. The fourth-order valence-corrected chi connectivity index (χ4v) is 4.34. The number of hydrogen-bond acceptors (Lipinski definition) is 10. The SMILES string of the molecule is CS(=O)(=O)c1ccc(-c2nnc(CC#CCc3nnc(-c4ccnc(C#N)c4)o3)n2-c2ccccc2Cl)nc1. The second-order valence-corrected chi connectivity index (χ2v) is 10.6. The Bertz CT molecular complexity index is 1880. The molecule has 1 aromatic carbocycles. The molecule has 11 nitrogen and oxygen atoms in total. The minimum Gasteiger partial charge on any atom is -0.420 e. The standard InChI is InChI=1S/C26H17ClN8O3S/c1-39(36,37)19-10-11-21(30-16-19)25-33-31-23(35(25)22-7-3-2-6-20(22)27)8-4-5-9-24-32-34-26(38-24)17-12-13-29-18(14-17)15-28/h2-3,6-7,10-14,16H,8-9H2,1H3. The van der Waals surface area contributed by atoms with Crippen LogP contribution in [-0.2, 0) is 22.7 Å². The Morgan fingerprint density at radius 1 is 1.00 bits per heavy atom. The van der Waals surface area contributed by atoms with Crippen LogP contribution in [0.25, 0.3) is 28.7 Å². The van der Waals surface area contributed by atoms with Crippen LogP contribution in [0.4, 0.5) is 0 Å². The first-order valence-electron chi connectivity index (χ1n) is 11.3. The molecule has 39 heavy (non-hydrogen) atoms. The van der Waals surface area contributed by atoms with Crippen molar-refractivity contribution in [2.45, 2.75) is 17.7 Å². The Morgan fingerprint density at radius 2 is 1.82 bits per heavy atom. The maximum atomic E-state index is 11.8. The molecule has 4 aromatic heterocycles. The van der Waals surface area contributed by atoms with Crippen LogP contribution in [0.1, 0.15) is 17.4 Å². The number of halogens is 1. The molecule has 5 rings (SSSR count). The zero-order chi connectivity index (χ0) is 27.4. The van der Waals surface area contributed by atoms with Crippen molar-refractivity contribution in [3.05, 3.63) is 83.4 Å². The molecule has 0 saturated carbocycles. The van der Waals surface area contributed by atoms with E-state index in [4.69, 9.17) is 21.3 Å². The molecule has 0 fully saturated rings. The maximum absolute atomic E-state index is 11.8. The number of benzene rings is 1. The van der Waals surface area contributed by atoms with Gasteiger partial charge in [-0.2, -0.15) is 5.26 Å². The van der Waals surface area contributed by atoms with Gasteiger partial charge in [-0.25, -0.2) is 13.4 Å². The van der Waals surface area contributed by atoms with Crippen molar-refractivity contribution < 1.29 is 12.8 Å². The Labute approximate surface area is 228 Å². The van der Waals surface area contributed by atoms with Gasteiger partial charge in [0.05, 0.1) is 28.4 Å². The first kappa shape index (κ1) is 25.7. The molecule has 0 amide bonds. The summed E-state index contributed by atoms with van der Waals surface area (Å²) in [5.41, 5.74) is 1.88. The van der Waals surface area contributed by atoms with Crippen LogP contribution in [0.2, 0.25) is 5.02 Å². The third-order valence-electron chi connectivity index (χ3n) is 5.42. The van der Waals surface area contributed by atoms with Gasteiger partial charge in [-0.05, 0) is 36.4 Å². The van der Waals surface area contributed by atoms with Crippen molar-refractivity contribution in [3.8, 4) is 46.6 Å². The normalized spacial score (nSPS) is 11.0. The third kappa shape index (κ3) is 5.67. The molecule has 5 aromatic rings. The van der Waals surface area contributed by atoms with E-state index in [0.717, 1.165) is 6.26 Å². The summed E-state index contributed by atoms with van der Waals surface area (Å²) in [5, 5.41) is 26.1. The van der Waals surface area contributed by atoms with Crippen molar-refractivity contribution in [3.63, 3.8) is 0 Å². The van der Waals surface area contributed by atoms with Crippen molar-refractivity contribution in [1.29, 1.82) is 5.26 Å². The molecular weight excluding hydrogens is 540 g/mol. The van der Waals surface area contributed by atoms with Gasteiger partial charge < -0.3 is 4.42 Å². The summed E-state index contributed by atoms with van der Waals surface area (Å²) in [6.45, 7) is 0. The Hall–Kier alpha value is -4.91. The lowest BCUT2D eigenvalue weighted by molar-refractivity contribution is 0.522. The minimum absolute atomic E-state index is 0.0970. The Kier molecular flexibility index (Phi) is 7.14. The van der Waals surface area contributed by atoms with Crippen LogP contribution in [0.15, 0.2) is 70.2 Å². The van der Waals surface area contributed by atoms with E-state index >= 15 is 0 Å². The van der Waals surface area contributed by atoms with Crippen LogP contribution >= 0.6 is 11.6 Å². The van der Waals surface area contributed by atoms with Crippen LogP contribution in [0.5, 0.6) is 0 Å². The van der Waals surface area contributed by atoms with Gasteiger partial charge in [0, 0.05) is 24.2 Å². The summed E-state index contributed by atoms with van der Waals surface area (Å²) < 4.78 is 31.1. The largest absolute Gasteiger partial charge is 0.420 e. The average Bonchev–Trinajstić information content (AvgIpc) is 3.58. The molecule has 0 atom stereocenters. The number of hydrogen-bond donors (Lipinski definition) is 0. The molecule has 0 aliphatic rings. The molecule has 0 unspecified atom stereocenters. The number of rotatable bonds is 6. The number of sulfone groups is 1. The fourth-order valence-electron chi connectivity index (χ4n) is 3.56. The summed E-state index contributed by atoms with van der Waals surface area (Å²) in [6, 6.07) is 15.4. The topological polar surface area (TPSA) is 153 Å². The Balaban J connectivity index is 1.40. The highest BCUT2D eigenvalue weighted by Crippen LogP contribution is 2.27. The van der Waals surface area contributed by atoms with E-state index in [9.17, 15) is 8.42 Å². The smallest absolute Gasteiger partial charge is 0.247 e. The first-order valence-corrected chi connectivity index (χ1v) is 13.6. The fraction of sp³-hybridized carbons (Fsp3) is 0.115. The molecule has 0 saturated heterocycles. The molecule has 192 valence electrons. The number of nitriles is 1. The molecule has 4 heterocycles. The van der Waals surface area contributed by atoms with Gasteiger partial charge in [0.25, 0.3) is 0 Å². The molecule has 0 N–H and O–H groups in total. The second-order valence-electron chi connectivity index (χ2n) is 8.13. The molecule has 13 heteroatoms. The van der Waals surface area contributed by atoms with Crippen molar-refractivity contribution in [2.75, 3.05) is 6.26 Å². The van der Waals surface area contributed by atoms with E-state index in [1.54, 1.807) is 34.9 Å². The highest BCUT2D eigenvalue weighted by atomic mass is 35.5. The van der Waals surface area contributed by atoms with Gasteiger partial charge in [0.2, 0.25) is 11.8 Å². The maximum Gasteiger partial charge on any atom is 0.247 e. The minimum atomic E-state index is -3.40. The highest BCUT2D eigenvalue weighted by molar-refractivity contribution is 7.90. The van der Waals surface area contributed by atoms with Gasteiger partial charge >= 0.3 is 0 Å². The van der Waals surface area contributed by atoms with Gasteiger partial charge in [0.15, 0.2) is 15.7 Å².